The molecule has 0 saturated heterocycles. The van der Waals surface area contributed by atoms with E-state index in [2.05, 4.69) is 26.7 Å². The predicted molar refractivity (Wildman–Crippen MR) is 68.6 cm³/mol. The van der Waals surface area contributed by atoms with E-state index >= 15 is 0 Å². The number of methoxy groups -OCH3 is 1. The van der Waals surface area contributed by atoms with Crippen molar-refractivity contribution in [1.82, 2.24) is 5.48 Å². The van der Waals surface area contributed by atoms with E-state index in [9.17, 15) is 4.79 Å². The quantitative estimate of drug-likeness (QED) is 0.593. The Morgan fingerprint density at radius 3 is 2.82 bits per heavy atom. The van der Waals surface area contributed by atoms with Gasteiger partial charge in [0.15, 0.2) is 0 Å². The molecule has 0 unspecified atom stereocenters. The minimum absolute atomic E-state index is 0.0883. The van der Waals surface area contributed by atoms with Crippen LogP contribution in [0, 0.1) is 0 Å². The Balaban J connectivity index is 2.23. The molecule has 0 saturated carbocycles. The van der Waals surface area contributed by atoms with Crippen molar-refractivity contribution in [3.63, 3.8) is 0 Å². The van der Waals surface area contributed by atoms with Crippen molar-refractivity contribution in [3.05, 3.63) is 28.7 Å². The SMILES string of the molecule is COCCONCC(=O)Nc1ccccc1Br. The molecule has 17 heavy (non-hydrogen) atoms. The molecule has 0 spiro atoms. The Morgan fingerprint density at radius 1 is 1.35 bits per heavy atom. The highest BCUT2D eigenvalue weighted by Gasteiger charge is 2.04. The molecule has 2 N–H and O–H groups in total. The van der Waals surface area contributed by atoms with Crippen LogP contribution in [0.2, 0.25) is 0 Å². The molecular weight excluding hydrogens is 288 g/mol. The summed E-state index contributed by atoms with van der Waals surface area (Å²) in [5.74, 6) is -0.172. The summed E-state index contributed by atoms with van der Waals surface area (Å²) in [6.45, 7) is 0.975. The van der Waals surface area contributed by atoms with Crippen LogP contribution in [-0.4, -0.2) is 32.8 Å². The molecule has 0 radical (unpaired) electrons. The zero-order valence-corrected chi connectivity index (χ0v) is 11.1. The van der Waals surface area contributed by atoms with Crippen LogP contribution in [0.4, 0.5) is 5.69 Å². The number of rotatable bonds is 7. The summed E-state index contributed by atoms with van der Waals surface area (Å²) in [5.41, 5.74) is 3.28. The fourth-order valence-electron chi connectivity index (χ4n) is 1.07. The van der Waals surface area contributed by atoms with Gasteiger partial charge in [-0.1, -0.05) is 12.1 Å². The van der Waals surface area contributed by atoms with E-state index in [1.807, 2.05) is 24.3 Å². The second-order valence-corrected chi connectivity index (χ2v) is 4.04. The first-order chi connectivity index (χ1) is 8.24. The van der Waals surface area contributed by atoms with Crippen LogP contribution in [-0.2, 0) is 14.4 Å². The summed E-state index contributed by atoms with van der Waals surface area (Å²) in [6, 6.07) is 7.40. The van der Waals surface area contributed by atoms with Gasteiger partial charge in [0.1, 0.15) is 6.54 Å². The van der Waals surface area contributed by atoms with E-state index in [0.717, 1.165) is 10.2 Å². The standard InChI is InChI=1S/C11H15BrN2O3/c1-16-6-7-17-13-8-11(15)14-10-5-3-2-4-9(10)12/h2-5,13H,6-8H2,1H3,(H,14,15). The van der Waals surface area contributed by atoms with Gasteiger partial charge in [0.05, 0.1) is 18.9 Å². The molecule has 6 heteroatoms. The van der Waals surface area contributed by atoms with Crippen LogP contribution in [0.3, 0.4) is 0 Å². The topological polar surface area (TPSA) is 59.6 Å². The number of benzene rings is 1. The monoisotopic (exact) mass is 302 g/mol. The third-order valence-corrected chi connectivity index (χ3v) is 2.56. The van der Waals surface area contributed by atoms with Crippen molar-refractivity contribution in [3.8, 4) is 0 Å². The number of nitrogens with one attached hydrogen (secondary N) is 2. The van der Waals surface area contributed by atoms with Gasteiger partial charge in [-0.05, 0) is 28.1 Å². The van der Waals surface area contributed by atoms with Crippen LogP contribution in [0.25, 0.3) is 0 Å². The van der Waals surface area contributed by atoms with Gasteiger partial charge in [-0.2, -0.15) is 5.48 Å². The number of para-hydroxylation sites is 1. The molecule has 0 bridgehead atoms. The lowest BCUT2D eigenvalue weighted by Gasteiger charge is -2.08. The highest BCUT2D eigenvalue weighted by Crippen LogP contribution is 2.20. The number of hydrogen-bond donors (Lipinski definition) is 2. The van der Waals surface area contributed by atoms with Crippen LogP contribution in [0.5, 0.6) is 0 Å². The molecule has 94 valence electrons. The number of halogens is 1. The molecule has 0 heterocycles. The number of hydrogen-bond acceptors (Lipinski definition) is 4. The van der Waals surface area contributed by atoms with Crippen LogP contribution < -0.4 is 10.8 Å². The summed E-state index contributed by atoms with van der Waals surface area (Å²) >= 11 is 3.34. The average Bonchev–Trinajstić information content (AvgIpc) is 2.32. The molecule has 0 aliphatic heterocycles. The fourth-order valence-corrected chi connectivity index (χ4v) is 1.45. The van der Waals surface area contributed by atoms with Crippen molar-refractivity contribution in [2.75, 3.05) is 32.2 Å². The number of amides is 1. The summed E-state index contributed by atoms with van der Waals surface area (Å²) in [6.07, 6.45) is 0. The zero-order valence-electron chi connectivity index (χ0n) is 9.53. The maximum atomic E-state index is 11.5. The van der Waals surface area contributed by atoms with Crippen LogP contribution >= 0.6 is 15.9 Å². The average molecular weight is 303 g/mol. The highest BCUT2D eigenvalue weighted by molar-refractivity contribution is 9.10. The van der Waals surface area contributed by atoms with E-state index < -0.39 is 0 Å². The number of ether oxygens (including phenoxy) is 1. The van der Waals surface area contributed by atoms with Gasteiger partial charge in [0, 0.05) is 11.6 Å². The third-order valence-electron chi connectivity index (χ3n) is 1.87. The van der Waals surface area contributed by atoms with Gasteiger partial charge in [-0.3, -0.25) is 9.63 Å². The normalized spacial score (nSPS) is 10.2. The Bertz CT molecular complexity index is 360. The molecular formula is C11H15BrN2O3. The predicted octanol–water partition coefficient (Wildman–Crippen LogP) is 1.56. The number of anilines is 1. The molecule has 1 amide bonds. The zero-order chi connectivity index (χ0) is 12.5. The lowest BCUT2D eigenvalue weighted by molar-refractivity contribution is -0.118. The maximum absolute atomic E-state index is 11.5. The highest BCUT2D eigenvalue weighted by atomic mass is 79.9. The lowest BCUT2D eigenvalue weighted by Crippen LogP contribution is -2.29. The molecule has 1 rings (SSSR count). The third kappa shape index (κ3) is 5.78. The lowest BCUT2D eigenvalue weighted by atomic mass is 10.3. The van der Waals surface area contributed by atoms with Gasteiger partial charge >= 0.3 is 0 Å². The van der Waals surface area contributed by atoms with E-state index in [1.165, 1.54) is 0 Å². The largest absolute Gasteiger partial charge is 0.382 e. The number of carbonyl (C=O) groups excluding carboxylic acids is 1. The molecule has 0 aromatic heterocycles. The maximum Gasteiger partial charge on any atom is 0.240 e. The molecule has 0 aliphatic carbocycles. The van der Waals surface area contributed by atoms with E-state index in [4.69, 9.17) is 9.57 Å². The van der Waals surface area contributed by atoms with Gasteiger partial charge in [0.2, 0.25) is 5.91 Å². The van der Waals surface area contributed by atoms with Gasteiger partial charge in [-0.15, -0.1) is 0 Å². The van der Waals surface area contributed by atoms with E-state index in [-0.39, 0.29) is 12.5 Å². The molecule has 0 atom stereocenters. The van der Waals surface area contributed by atoms with Crippen LogP contribution in [0.15, 0.2) is 28.7 Å². The molecule has 1 aromatic rings. The smallest absolute Gasteiger partial charge is 0.240 e. The minimum atomic E-state index is -0.172. The Labute approximate surface area is 109 Å². The fraction of sp³-hybridized carbons (Fsp3) is 0.364. The van der Waals surface area contributed by atoms with Crippen molar-refractivity contribution in [2.24, 2.45) is 0 Å². The second kappa shape index (κ2) is 8.19. The van der Waals surface area contributed by atoms with Crippen molar-refractivity contribution >= 4 is 27.5 Å². The minimum Gasteiger partial charge on any atom is -0.382 e. The Kier molecular flexibility index (Phi) is 6.80. The van der Waals surface area contributed by atoms with Crippen molar-refractivity contribution < 1.29 is 14.4 Å². The van der Waals surface area contributed by atoms with E-state index in [0.29, 0.717) is 13.2 Å². The van der Waals surface area contributed by atoms with E-state index in [1.54, 1.807) is 7.11 Å². The summed E-state index contributed by atoms with van der Waals surface area (Å²) in [4.78, 5) is 16.5. The summed E-state index contributed by atoms with van der Waals surface area (Å²) in [5, 5.41) is 2.74. The summed E-state index contributed by atoms with van der Waals surface area (Å²) in [7, 11) is 1.59. The molecule has 0 fully saturated rings. The Hall–Kier alpha value is -0.950. The number of hydroxylamine groups is 1. The Morgan fingerprint density at radius 2 is 2.12 bits per heavy atom. The van der Waals surface area contributed by atoms with Gasteiger partial charge in [-0.25, -0.2) is 0 Å². The van der Waals surface area contributed by atoms with Crippen molar-refractivity contribution in [2.45, 2.75) is 0 Å². The molecule has 0 aliphatic rings. The van der Waals surface area contributed by atoms with Crippen molar-refractivity contribution in [1.29, 1.82) is 0 Å². The number of carbonyl (C=O) groups is 1. The first kappa shape index (κ1) is 14.1. The second-order valence-electron chi connectivity index (χ2n) is 3.19. The molecule has 5 nitrogen and oxygen atoms in total. The first-order valence-electron chi connectivity index (χ1n) is 5.12. The first-order valence-corrected chi connectivity index (χ1v) is 5.91. The molecule has 1 aromatic carbocycles. The van der Waals surface area contributed by atoms with Crippen LogP contribution in [0.1, 0.15) is 0 Å². The van der Waals surface area contributed by atoms with Gasteiger partial charge in [0.25, 0.3) is 0 Å². The van der Waals surface area contributed by atoms with Gasteiger partial charge < -0.3 is 10.1 Å². The summed E-state index contributed by atoms with van der Waals surface area (Å²) < 4.78 is 5.63.